The van der Waals surface area contributed by atoms with Crippen molar-refractivity contribution >= 4 is 11.9 Å². The Balaban J connectivity index is 2.36. The lowest BCUT2D eigenvalue weighted by molar-refractivity contribution is 0.0674. The highest BCUT2D eigenvalue weighted by molar-refractivity contribution is 5.92. The molecule has 8 nitrogen and oxygen atoms in total. The van der Waals surface area contributed by atoms with Crippen LogP contribution in [0.3, 0.4) is 0 Å². The predicted molar refractivity (Wildman–Crippen MR) is 105 cm³/mol. The maximum atomic E-state index is 13.2. The summed E-state index contributed by atoms with van der Waals surface area (Å²) in [6, 6.07) is 1.72. The minimum Gasteiger partial charge on any atom is -0.383 e. The van der Waals surface area contributed by atoms with Crippen molar-refractivity contribution in [3.63, 3.8) is 0 Å². The van der Waals surface area contributed by atoms with Crippen LogP contribution < -0.4 is 5.73 Å². The molecule has 148 valence electrons. The molecule has 2 aromatic rings. The van der Waals surface area contributed by atoms with E-state index in [0.717, 1.165) is 29.2 Å². The van der Waals surface area contributed by atoms with Gasteiger partial charge in [-0.2, -0.15) is 5.10 Å². The fraction of sp³-hybridized carbons (Fsp3) is 0.579. The van der Waals surface area contributed by atoms with Gasteiger partial charge in [-0.1, -0.05) is 13.8 Å². The maximum Gasteiger partial charge on any atom is 0.273 e. The third-order valence-corrected chi connectivity index (χ3v) is 4.61. The van der Waals surface area contributed by atoms with Gasteiger partial charge in [-0.15, -0.1) is 0 Å². The summed E-state index contributed by atoms with van der Waals surface area (Å²) in [5.74, 6) is 0.0788. The Hall–Kier alpha value is -2.48. The molecule has 0 aromatic carbocycles. The van der Waals surface area contributed by atoms with Gasteiger partial charge in [-0.25, -0.2) is 9.97 Å². The first-order valence-corrected chi connectivity index (χ1v) is 9.24. The molecule has 1 amide bonds. The molecule has 0 radical (unpaired) electrons. The molecule has 2 N–H and O–H groups in total. The first kappa shape index (κ1) is 20.8. The van der Waals surface area contributed by atoms with E-state index < -0.39 is 0 Å². The van der Waals surface area contributed by atoms with E-state index in [2.05, 4.69) is 15.1 Å². The number of carbonyl (C=O) groups excluding carboxylic acids is 1. The summed E-state index contributed by atoms with van der Waals surface area (Å²) in [6.07, 6.45) is 0. The second-order valence-electron chi connectivity index (χ2n) is 6.88. The topological polar surface area (TPSA) is 99.2 Å². The molecule has 0 aliphatic carbocycles. The molecule has 0 spiro atoms. The summed E-state index contributed by atoms with van der Waals surface area (Å²) in [5.41, 5.74) is 9.93. The lowest BCUT2D eigenvalue weighted by atomic mass is 10.1. The van der Waals surface area contributed by atoms with Crippen LogP contribution in [0.1, 0.15) is 59.8 Å². The maximum absolute atomic E-state index is 13.2. The first-order valence-electron chi connectivity index (χ1n) is 9.24. The number of carbonyl (C=O) groups is 1. The zero-order valence-electron chi connectivity index (χ0n) is 17.1. The van der Waals surface area contributed by atoms with Crippen molar-refractivity contribution in [1.82, 2.24) is 24.6 Å². The van der Waals surface area contributed by atoms with Crippen LogP contribution in [-0.2, 0) is 17.8 Å². The standard InChI is InChI=1S/C19H30N6O2/c1-7-25-14(5)15(13(4)23-25)11-24(8-9-27-6)18(26)17-10-16(12(2)3)21-19(20)22-17/h10,12H,7-9,11H2,1-6H3,(H2,20,21,22). The van der Waals surface area contributed by atoms with Crippen LogP contribution in [0, 0.1) is 13.8 Å². The van der Waals surface area contributed by atoms with Crippen molar-refractivity contribution in [1.29, 1.82) is 0 Å². The van der Waals surface area contributed by atoms with E-state index >= 15 is 0 Å². The number of ether oxygens (including phenoxy) is 1. The van der Waals surface area contributed by atoms with Crippen molar-refractivity contribution in [3.05, 3.63) is 34.4 Å². The Morgan fingerprint density at radius 3 is 2.59 bits per heavy atom. The second kappa shape index (κ2) is 8.94. The van der Waals surface area contributed by atoms with Gasteiger partial charge in [0.25, 0.3) is 5.91 Å². The smallest absolute Gasteiger partial charge is 0.273 e. The van der Waals surface area contributed by atoms with E-state index in [1.54, 1.807) is 18.1 Å². The van der Waals surface area contributed by atoms with Crippen LogP contribution in [0.15, 0.2) is 6.07 Å². The average Bonchev–Trinajstić information content (AvgIpc) is 2.91. The summed E-state index contributed by atoms with van der Waals surface area (Å²) in [4.78, 5) is 23.3. The lowest BCUT2D eigenvalue weighted by Gasteiger charge is -2.23. The number of nitrogens with two attached hydrogens (primary N) is 1. The van der Waals surface area contributed by atoms with Crippen LogP contribution in [0.5, 0.6) is 0 Å². The van der Waals surface area contributed by atoms with E-state index in [1.807, 2.05) is 39.3 Å². The predicted octanol–water partition coefficient (Wildman–Crippen LogP) is 2.30. The lowest BCUT2D eigenvalue weighted by Crippen LogP contribution is -2.34. The monoisotopic (exact) mass is 374 g/mol. The zero-order valence-corrected chi connectivity index (χ0v) is 17.1. The van der Waals surface area contributed by atoms with Gasteiger partial charge >= 0.3 is 0 Å². The highest BCUT2D eigenvalue weighted by Crippen LogP contribution is 2.19. The van der Waals surface area contributed by atoms with Gasteiger partial charge < -0.3 is 15.4 Å². The minimum atomic E-state index is -0.189. The van der Waals surface area contributed by atoms with E-state index in [0.29, 0.717) is 25.4 Å². The second-order valence-corrected chi connectivity index (χ2v) is 6.88. The third kappa shape index (κ3) is 4.82. The quantitative estimate of drug-likeness (QED) is 0.761. The number of nitrogens with zero attached hydrogens (tertiary/aromatic N) is 5. The Morgan fingerprint density at radius 1 is 1.33 bits per heavy atom. The van der Waals surface area contributed by atoms with Crippen molar-refractivity contribution in [3.8, 4) is 0 Å². The van der Waals surface area contributed by atoms with E-state index in [1.165, 1.54) is 0 Å². The van der Waals surface area contributed by atoms with Crippen molar-refractivity contribution in [2.24, 2.45) is 0 Å². The van der Waals surface area contributed by atoms with Gasteiger partial charge in [0.15, 0.2) is 0 Å². The molecule has 0 aliphatic rings. The number of amides is 1. The van der Waals surface area contributed by atoms with Crippen LogP contribution in [0.2, 0.25) is 0 Å². The summed E-state index contributed by atoms with van der Waals surface area (Å²) in [5, 5.41) is 4.55. The van der Waals surface area contributed by atoms with Gasteiger partial charge in [-0.3, -0.25) is 9.48 Å². The molecule has 27 heavy (non-hydrogen) atoms. The number of nitrogen functional groups attached to an aromatic ring is 1. The third-order valence-electron chi connectivity index (χ3n) is 4.61. The Kier molecular flexibility index (Phi) is 6.90. The van der Waals surface area contributed by atoms with Crippen LogP contribution >= 0.6 is 0 Å². The van der Waals surface area contributed by atoms with E-state index in [-0.39, 0.29) is 17.8 Å². The Labute approximate surface area is 160 Å². The Bertz CT molecular complexity index is 800. The van der Waals surface area contributed by atoms with E-state index in [9.17, 15) is 4.79 Å². The fourth-order valence-corrected chi connectivity index (χ4v) is 2.97. The van der Waals surface area contributed by atoms with E-state index in [4.69, 9.17) is 10.5 Å². The molecule has 2 aromatic heterocycles. The summed E-state index contributed by atoms with van der Waals surface area (Å²) >= 11 is 0. The number of hydrogen-bond donors (Lipinski definition) is 1. The highest BCUT2D eigenvalue weighted by Gasteiger charge is 2.22. The first-order chi connectivity index (χ1) is 12.8. The largest absolute Gasteiger partial charge is 0.383 e. The molecule has 0 unspecified atom stereocenters. The number of aryl methyl sites for hydroxylation is 2. The fourth-order valence-electron chi connectivity index (χ4n) is 2.97. The molecule has 0 aliphatic heterocycles. The summed E-state index contributed by atoms with van der Waals surface area (Å²) in [6.45, 7) is 12.2. The number of hydrogen-bond acceptors (Lipinski definition) is 6. The molecule has 0 saturated carbocycles. The minimum absolute atomic E-state index is 0.113. The molecule has 0 bridgehead atoms. The SMILES string of the molecule is CCn1nc(C)c(CN(CCOC)C(=O)c2cc(C(C)C)nc(N)n2)c1C. The molecule has 2 heterocycles. The summed E-state index contributed by atoms with van der Waals surface area (Å²) in [7, 11) is 1.62. The molecule has 0 fully saturated rings. The molecular weight excluding hydrogens is 344 g/mol. The molecular formula is C19H30N6O2. The summed E-state index contributed by atoms with van der Waals surface area (Å²) < 4.78 is 7.14. The number of rotatable bonds is 8. The van der Waals surface area contributed by atoms with Crippen molar-refractivity contribution < 1.29 is 9.53 Å². The molecule has 0 saturated heterocycles. The van der Waals surface area contributed by atoms with Crippen molar-refractivity contribution in [2.45, 2.75) is 53.6 Å². The molecule has 2 rings (SSSR count). The van der Waals surface area contributed by atoms with Gasteiger partial charge in [0.2, 0.25) is 5.95 Å². The number of anilines is 1. The van der Waals surface area contributed by atoms with Gasteiger partial charge in [0.1, 0.15) is 5.69 Å². The van der Waals surface area contributed by atoms with Crippen LogP contribution in [0.4, 0.5) is 5.95 Å². The van der Waals surface area contributed by atoms with Crippen LogP contribution in [0.25, 0.3) is 0 Å². The molecule has 8 heteroatoms. The number of methoxy groups -OCH3 is 1. The van der Waals surface area contributed by atoms with Gasteiger partial charge in [0, 0.05) is 43.7 Å². The average molecular weight is 374 g/mol. The zero-order chi connectivity index (χ0) is 20.1. The van der Waals surface area contributed by atoms with Crippen molar-refractivity contribution in [2.75, 3.05) is 26.0 Å². The normalized spacial score (nSPS) is 11.2. The van der Waals surface area contributed by atoms with Gasteiger partial charge in [0.05, 0.1) is 12.3 Å². The highest BCUT2D eigenvalue weighted by atomic mass is 16.5. The number of aromatic nitrogens is 4. The van der Waals surface area contributed by atoms with Crippen LogP contribution in [-0.4, -0.2) is 50.8 Å². The van der Waals surface area contributed by atoms with Gasteiger partial charge in [-0.05, 0) is 32.8 Å². The Morgan fingerprint density at radius 2 is 2.04 bits per heavy atom. The molecule has 0 atom stereocenters.